The van der Waals surface area contributed by atoms with Crippen LogP contribution in [0.3, 0.4) is 0 Å². The van der Waals surface area contributed by atoms with Crippen LogP contribution < -0.4 is 10.2 Å². The topological polar surface area (TPSA) is 58.1 Å². The van der Waals surface area contributed by atoms with Crippen molar-refractivity contribution in [1.29, 1.82) is 0 Å². The predicted octanol–water partition coefficient (Wildman–Crippen LogP) is 3.36. The summed E-state index contributed by atoms with van der Waals surface area (Å²) in [5.74, 6) is 0.563. The van der Waals surface area contributed by atoms with E-state index in [2.05, 4.69) is 20.2 Å². The van der Waals surface area contributed by atoms with Crippen LogP contribution in [0.4, 0.5) is 5.95 Å². The Bertz CT molecular complexity index is 729. The number of aromatic nitrogens is 2. The van der Waals surface area contributed by atoms with Crippen molar-refractivity contribution < 1.29 is 4.79 Å². The van der Waals surface area contributed by atoms with Gasteiger partial charge in [0.05, 0.1) is 22.8 Å². The molecular weight excluding hydrogens is 324 g/mol. The number of benzene rings is 1. The zero-order valence-electron chi connectivity index (χ0n) is 13.8. The highest BCUT2D eigenvalue weighted by Crippen LogP contribution is 2.17. The third kappa shape index (κ3) is 4.03. The zero-order chi connectivity index (χ0) is 16.9. The molecule has 1 aromatic carbocycles. The second-order valence-electron chi connectivity index (χ2n) is 6.01. The van der Waals surface area contributed by atoms with E-state index in [9.17, 15) is 4.79 Å². The van der Waals surface area contributed by atoms with Gasteiger partial charge < -0.3 is 10.2 Å². The minimum Gasteiger partial charge on any atom is -0.346 e. The Kier molecular flexibility index (Phi) is 5.30. The first-order chi connectivity index (χ1) is 11.6. The molecule has 2 aromatic rings. The van der Waals surface area contributed by atoms with Gasteiger partial charge in [-0.2, -0.15) is 0 Å². The van der Waals surface area contributed by atoms with Crippen LogP contribution in [0.25, 0.3) is 0 Å². The van der Waals surface area contributed by atoms with E-state index in [-0.39, 0.29) is 5.91 Å². The summed E-state index contributed by atoms with van der Waals surface area (Å²) in [5.41, 5.74) is 2.19. The van der Waals surface area contributed by atoms with Gasteiger partial charge in [0.2, 0.25) is 5.95 Å². The largest absolute Gasteiger partial charge is 0.346 e. The van der Waals surface area contributed by atoms with Crippen LogP contribution in [0.2, 0.25) is 5.02 Å². The number of piperidine rings is 1. The van der Waals surface area contributed by atoms with Crippen molar-refractivity contribution in [3.63, 3.8) is 0 Å². The van der Waals surface area contributed by atoms with E-state index in [0.29, 0.717) is 17.1 Å². The number of anilines is 1. The van der Waals surface area contributed by atoms with Gasteiger partial charge in [-0.05, 0) is 44.4 Å². The molecule has 1 aromatic heterocycles. The van der Waals surface area contributed by atoms with Crippen LogP contribution in [-0.2, 0) is 6.54 Å². The van der Waals surface area contributed by atoms with Crippen LogP contribution >= 0.6 is 11.6 Å². The molecule has 2 heterocycles. The molecule has 126 valence electrons. The summed E-state index contributed by atoms with van der Waals surface area (Å²) in [5, 5.41) is 3.33. The number of nitrogens with zero attached hydrogens (tertiary/aromatic N) is 3. The molecule has 0 bridgehead atoms. The lowest BCUT2D eigenvalue weighted by Crippen LogP contribution is -2.32. The lowest BCUT2D eigenvalue weighted by molar-refractivity contribution is 0.0950. The van der Waals surface area contributed by atoms with Gasteiger partial charge in [-0.15, -0.1) is 0 Å². The molecule has 6 heteroatoms. The van der Waals surface area contributed by atoms with Crippen LogP contribution in [-0.4, -0.2) is 29.0 Å². The fraction of sp³-hybridized carbons (Fsp3) is 0.389. The normalized spacial score (nSPS) is 14.5. The fourth-order valence-electron chi connectivity index (χ4n) is 2.85. The first-order valence-electron chi connectivity index (χ1n) is 8.26. The number of carbonyl (C=O) groups excluding carboxylic acids is 1. The lowest BCUT2D eigenvalue weighted by Gasteiger charge is -2.27. The summed E-state index contributed by atoms with van der Waals surface area (Å²) in [4.78, 5) is 23.6. The average molecular weight is 345 g/mol. The molecule has 0 spiro atoms. The summed E-state index contributed by atoms with van der Waals surface area (Å²) in [6, 6.07) is 8.92. The van der Waals surface area contributed by atoms with Gasteiger partial charge in [-0.25, -0.2) is 9.97 Å². The van der Waals surface area contributed by atoms with Crippen molar-refractivity contribution in [3.8, 4) is 0 Å². The maximum absolute atomic E-state index is 12.3. The van der Waals surface area contributed by atoms with E-state index < -0.39 is 0 Å². The Morgan fingerprint density at radius 1 is 1.21 bits per heavy atom. The highest BCUT2D eigenvalue weighted by atomic mass is 35.5. The molecule has 0 radical (unpaired) electrons. The molecular formula is C18H21ClN4O. The molecule has 0 unspecified atom stereocenters. The fourth-order valence-corrected chi connectivity index (χ4v) is 3.08. The number of rotatable bonds is 4. The van der Waals surface area contributed by atoms with Crippen molar-refractivity contribution in [2.24, 2.45) is 0 Å². The number of amides is 1. The number of hydrogen-bond acceptors (Lipinski definition) is 4. The number of aryl methyl sites for hydroxylation is 1. The molecule has 3 rings (SSSR count). The Balaban J connectivity index is 1.70. The number of carbonyl (C=O) groups is 1. The Hall–Kier alpha value is -2.14. The Labute approximate surface area is 147 Å². The van der Waals surface area contributed by atoms with Gasteiger partial charge in [0, 0.05) is 18.8 Å². The minimum atomic E-state index is -0.198. The van der Waals surface area contributed by atoms with Gasteiger partial charge in [0.15, 0.2) is 0 Å². The van der Waals surface area contributed by atoms with Gasteiger partial charge in [-0.1, -0.05) is 23.7 Å². The first-order valence-corrected chi connectivity index (χ1v) is 8.63. The highest BCUT2D eigenvalue weighted by molar-refractivity contribution is 6.33. The lowest BCUT2D eigenvalue weighted by atomic mass is 10.1. The van der Waals surface area contributed by atoms with Crippen LogP contribution in [0, 0.1) is 6.92 Å². The molecule has 1 N–H and O–H groups in total. The van der Waals surface area contributed by atoms with Gasteiger partial charge in [0.1, 0.15) is 0 Å². The third-order valence-electron chi connectivity index (χ3n) is 4.08. The summed E-state index contributed by atoms with van der Waals surface area (Å²) in [6.45, 7) is 4.30. The molecule has 24 heavy (non-hydrogen) atoms. The maximum Gasteiger partial charge on any atom is 0.253 e. The van der Waals surface area contributed by atoms with Crippen molar-refractivity contribution in [1.82, 2.24) is 15.3 Å². The molecule has 1 amide bonds. The summed E-state index contributed by atoms with van der Waals surface area (Å²) < 4.78 is 0. The highest BCUT2D eigenvalue weighted by Gasteiger charge is 2.15. The zero-order valence-corrected chi connectivity index (χ0v) is 14.5. The minimum absolute atomic E-state index is 0.198. The summed E-state index contributed by atoms with van der Waals surface area (Å²) >= 11 is 6.06. The Morgan fingerprint density at radius 2 is 1.96 bits per heavy atom. The molecule has 1 saturated heterocycles. The third-order valence-corrected chi connectivity index (χ3v) is 4.41. The maximum atomic E-state index is 12.3. The molecule has 1 fully saturated rings. The van der Waals surface area contributed by atoms with Gasteiger partial charge in [-0.3, -0.25) is 4.79 Å². The summed E-state index contributed by atoms with van der Waals surface area (Å²) in [6.07, 6.45) is 3.62. The molecule has 0 saturated carbocycles. The van der Waals surface area contributed by atoms with E-state index in [4.69, 9.17) is 11.6 Å². The smallest absolute Gasteiger partial charge is 0.253 e. The van der Waals surface area contributed by atoms with Crippen LogP contribution in [0.1, 0.15) is 41.0 Å². The monoisotopic (exact) mass is 344 g/mol. The quantitative estimate of drug-likeness (QED) is 0.924. The van der Waals surface area contributed by atoms with Crippen LogP contribution in [0.5, 0.6) is 0 Å². The SMILES string of the molecule is Cc1cc(CNC(=O)c2ccccc2Cl)nc(N2CCCCC2)n1. The van der Waals surface area contributed by atoms with E-state index in [1.54, 1.807) is 24.3 Å². The standard InChI is InChI=1S/C18H21ClN4O/c1-13-11-14(22-18(21-13)23-9-5-2-6-10-23)12-20-17(24)15-7-3-4-8-16(15)19/h3-4,7-8,11H,2,5-6,9-10,12H2,1H3,(H,20,24). The van der Waals surface area contributed by atoms with Crippen molar-refractivity contribution in [2.75, 3.05) is 18.0 Å². The van der Waals surface area contributed by atoms with E-state index in [0.717, 1.165) is 30.4 Å². The molecule has 0 atom stereocenters. The van der Waals surface area contributed by atoms with Gasteiger partial charge in [0.25, 0.3) is 5.91 Å². The van der Waals surface area contributed by atoms with Gasteiger partial charge >= 0.3 is 0 Å². The van der Waals surface area contributed by atoms with Crippen molar-refractivity contribution in [3.05, 3.63) is 52.3 Å². The van der Waals surface area contributed by atoms with Crippen molar-refractivity contribution >= 4 is 23.5 Å². The van der Waals surface area contributed by atoms with E-state index in [1.165, 1.54) is 19.3 Å². The second kappa shape index (κ2) is 7.62. The Morgan fingerprint density at radius 3 is 2.71 bits per heavy atom. The molecule has 1 aliphatic rings. The first kappa shape index (κ1) is 16.7. The second-order valence-corrected chi connectivity index (χ2v) is 6.42. The summed E-state index contributed by atoms with van der Waals surface area (Å²) in [7, 11) is 0. The predicted molar refractivity (Wildman–Crippen MR) is 95.5 cm³/mol. The molecule has 5 nitrogen and oxygen atoms in total. The number of halogens is 1. The van der Waals surface area contributed by atoms with E-state index >= 15 is 0 Å². The van der Waals surface area contributed by atoms with Crippen LogP contribution in [0.15, 0.2) is 30.3 Å². The molecule has 0 aliphatic carbocycles. The average Bonchev–Trinajstić information content (AvgIpc) is 2.60. The van der Waals surface area contributed by atoms with Crippen molar-refractivity contribution in [2.45, 2.75) is 32.7 Å². The van der Waals surface area contributed by atoms with E-state index in [1.807, 2.05) is 13.0 Å². The molecule has 1 aliphatic heterocycles. The number of nitrogens with one attached hydrogen (secondary N) is 1. The number of hydrogen-bond donors (Lipinski definition) is 1.